The highest BCUT2D eigenvalue weighted by atomic mass is 79.9. The summed E-state index contributed by atoms with van der Waals surface area (Å²) in [7, 11) is 0. The second-order valence-electron chi connectivity index (χ2n) is 3.20. The molecule has 0 aromatic rings. The largest absolute Gasteiger partial charge is 0.374 e. The smallest absolute Gasteiger partial charge is 0.0754 e. The third kappa shape index (κ3) is 1.68. The Bertz CT molecular complexity index is 105. The normalized spacial score (nSPS) is 43.7. The van der Waals surface area contributed by atoms with Gasteiger partial charge in [0, 0.05) is 5.33 Å². The van der Waals surface area contributed by atoms with Crippen LogP contribution in [-0.2, 0) is 4.74 Å². The molecule has 1 heterocycles. The van der Waals surface area contributed by atoms with Crippen molar-refractivity contribution in [2.45, 2.75) is 25.9 Å². The fourth-order valence-electron chi connectivity index (χ4n) is 1.29. The van der Waals surface area contributed by atoms with Crippen LogP contribution >= 0.6 is 15.9 Å². The van der Waals surface area contributed by atoms with Crippen LogP contribution in [-0.4, -0.2) is 17.5 Å². The van der Waals surface area contributed by atoms with Crippen molar-refractivity contribution < 1.29 is 4.74 Å². The van der Waals surface area contributed by atoms with Crippen LogP contribution < -0.4 is 0 Å². The van der Waals surface area contributed by atoms with Crippen LogP contribution in [0.5, 0.6) is 0 Å². The third-order valence-corrected chi connectivity index (χ3v) is 2.97. The number of rotatable bonds is 1. The molecule has 0 aromatic carbocycles. The monoisotopic (exact) mass is 192 g/mol. The quantitative estimate of drug-likeness (QED) is 0.580. The predicted molar refractivity (Wildman–Crippen MR) is 41.9 cm³/mol. The van der Waals surface area contributed by atoms with Crippen molar-refractivity contribution in [3.05, 3.63) is 0 Å². The Kier molecular flexibility index (Phi) is 2.17. The molecule has 0 bridgehead atoms. The summed E-state index contributed by atoms with van der Waals surface area (Å²) in [6, 6.07) is 0. The Morgan fingerprint density at radius 2 is 2.44 bits per heavy atom. The highest BCUT2D eigenvalue weighted by Crippen LogP contribution is 2.30. The van der Waals surface area contributed by atoms with E-state index in [1.165, 1.54) is 6.42 Å². The summed E-state index contributed by atoms with van der Waals surface area (Å²) in [4.78, 5) is 0. The van der Waals surface area contributed by atoms with Crippen molar-refractivity contribution in [1.29, 1.82) is 0 Å². The fourth-order valence-corrected chi connectivity index (χ4v) is 1.68. The Balaban J connectivity index is 2.45. The molecule has 0 aromatic heterocycles. The van der Waals surface area contributed by atoms with Gasteiger partial charge in [-0.3, -0.25) is 0 Å². The van der Waals surface area contributed by atoms with Gasteiger partial charge < -0.3 is 4.74 Å². The zero-order valence-corrected chi connectivity index (χ0v) is 7.57. The molecule has 1 fully saturated rings. The van der Waals surface area contributed by atoms with Crippen LogP contribution in [0, 0.1) is 5.92 Å². The standard InChI is InChI=1S/C7H13BrO/c1-6-3-7(2,5-8)9-4-6/h6H,3-5H2,1-2H3. The molecule has 9 heavy (non-hydrogen) atoms. The zero-order valence-electron chi connectivity index (χ0n) is 5.98. The highest BCUT2D eigenvalue weighted by Gasteiger charge is 2.32. The van der Waals surface area contributed by atoms with Crippen molar-refractivity contribution in [2.24, 2.45) is 5.92 Å². The van der Waals surface area contributed by atoms with Crippen molar-refractivity contribution in [2.75, 3.05) is 11.9 Å². The van der Waals surface area contributed by atoms with E-state index in [4.69, 9.17) is 4.74 Å². The van der Waals surface area contributed by atoms with Gasteiger partial charge in [-0.2, -0.15) is 0 Å². The molecule has 2 unspecified atom stereocenters. The van der Waals surface area contributed by atoms with Crippen LogP contribution in [0.3, 0.4) is 0 Å². The molecule has 1 saturated heterocycles. The summed E-state index contributed by atoms with van der Waals surface area (Å²) in [5, 5.41) is 0.963. The average Bonchev–Trinajstić information content (AvgIpc) is 2.13. The molecule has 0 spiro atoms. The molecule has 2 atom stereocenters. The van der Waals surface area contributed by atoms with E-state index in [1.54, 1.807) is 0 Å². The first-order valence-electron chi connectivity index (χ1n) is 3.36. The molecule has 2 heteroatoms. The zero-order chi connectivity index (χ0) is 6.91. The lowest BCUT2D eigenvalue weighted by atomic mass is 10.00. The van der Waals surface area contributed by atoms with E-state index >= 15 is 0 Å². The summed E-state index contributed by atoms with van der Waals surface area (Å²) < 4.78 is 5.55. The second-order valence-corrected chi connectivity index (χ2v) is 3.76. The van der Waals surface area contributed by atoms with Crippen LogP contribution in [0.15, 0.2) is 0 Å². The Labute approximate surface area is 64.9 Å². The summed E-state index contributed by atoms with van der Waals surface area (Å²) in [6.07, 6.45) is 1.19. The first-order valence-corrected chi connectivity index (χ1v) is 4.48. The fraction of sp³-hybridized carbons (Fsp3) is 1.00. The van der Waals surface area contributed by atoms with Crippen molar-refractivity contribution in [3.8, 4) is 0 Å². The van der Waals surface area contributed by atoms with E-state index in [0.717, 1.165) is 17.9 Å². The molecule has 1 aliphatic rings. The van der Waals surface area contributed by atoms with Gasteiger partial charge in [-0.15, -0.1) is 0 Å². The van der Waals surface area contributed by atoms with Gasteiger partial charge in [0.25, 0.3) is 0 Å². The summed E-state index contributed by atoms with van der Waals surface area (Å²) >= 11 is 3.43. The van der Waals surface area contributed by atoms with E-state index in [1.807, 2.05) is 0 Å². The van der Waals surface area contributed by atoms with Gasteiger partial charge >= 0.3 is 0 Å². The number of halogens is 1. The van der Waals surface area contributed by atoms with Crippen molar-refractivity contribution in [1.82, 2.24) is 0 Å². The SMILES string of the molecule is CC1COC(C)(CBr)C1. The molecule has 0 saturated carbocycles. The molecule has 1 nitrogen and oxygen atoms in total. The maximum atomic E-state index is 5.55. The predicted octanol–water partition coefficient (Wildman–Crippen LogP) is 2.20. The molecule has 0 N–H and O–H groups in total. The van der Waals surface area contributed by atoms with Gasteiger partial charge in [0.1, 0.15) is 0 Å². The van der Waals surface area contributed by atoms with Crippen LogP contribution in [0.4, 0.5) is 0 Å². The lowest BCUT2D eigenvalue weighted by molar-refractivity contribution is 0.0403. The maximum Gasteiger partial charge on any atom is 0.0754 e. The number of alkyl halides is 1. The summed E-state index contributed by atoms with van der Waals surface area (Å²) in [5.74, 6) is 0.743. The lowest BCUT2D eigenvalue weighted by Gasteiger charge is -2.18. The number of ether oxygens (including phenoxy) is 1. The van der Waals surface area contributed by atoms with E-state index in [-0.39, 0.29) is 5.60 Å². The van der Waals surface area contributed by atoms with Gasteiger partial charge in [-0.05, 0) is 19.3 Å². The summed E-state index contributed by atoms with van der Waals surface area (Å²) in [5.41, 5.74) is 0.124. The molecule has 54 valence electrons. The minimum Gasteiger partial charge on any atom is -0.374 e. The molecule has 0 radical (unpaired) electrons. The van der Waals surface area contributed by atoms with E-state index in [0.29, 0.717) is 0 Å². The molecule has 0 amide bonds. The van der Waals surface area contributed by atoms with Gasteiger partial charge in [0.05, 0.1) is 12.2 Å². The highest BCUT2D eigenvalue weighted by molar-refractivity contribution is 9.09. The van der Waals surface area contributed by atoms with E-state index < -0.39 is 0 Å². The second kappa shape index (κ2) is 2.59. The first kappa shape index (κ1) is 7.55. The van der Waals surface area contributed by atoms with Crippen LogP contribution in [0.1, 0.15) is 20.3 Å². The minimum absolute atomic E-state index is 0.124. The minimum atomic E-state index is 0.124. The van der Waals surface area contributed by atoms with Gasteiger partial charge in [0.2, 0.25) is 0 Å². The lowest BCUT2D eigenvalue weighted by Crippen LogP contribution is -2.24. The van der Waals surface area contributed by atoms with E-state index in [2.05, 4.69) is 29.8 Å². The topological polar surface area (TPSA) is 9.23 Å². The summed E-state index contributed by atoms with van der Waals surface area (Å²) in [6.45, 7) is 5.32. The Morgan fingerprint density at radius 3 is 2.67 bits per heavy atom. The van der Waals surface area contributed by atoms with Gasteiger partial charge in [-0.25, -0.2) is 0 Å². The van der Waals surface area contributed by atoms with Crippen LogP contribution in [0.25, 0.3) is 0 Å². The molecule has 1 rings (SSSR count). The van der Waals surface area contributed by atoms with Crippen molar-refractivity contribution in [3.63, 3.8) is 0 Å². The number of hydrogen-bond acceptors (Lipinski definition) is 1. The molecular formula is C7H13BrO. The van der Waals surface area contributed by atoms with Gasteiger partial charge in [0.15, 0.2) is 0 Å². The number of hydrogen-bond donors (Lipinski definition) is 0. The van der Waals surface area contributed by atoms with Gasteiger partial charge in [-0.1, -0.05) is 22.9 Å². The molecular weight excluding hydrogens is 180 g/mol. The first-order chi connectivity index (χ1) is 4.16. The Morgan fingerprint density at radius 1 is 1.78 bits per heavy atom. The Hall–Kier alpha value is 0.440. The average molecular weight is 193 g/mol. The molecule has 0 aliphatic carbocycles. The third-order valence-electron chi connectivity index (χ3n) is 1.78. The van der Waals surface area contributed by atoms with Crippen LogP contribution in [0.2, 0.25) is 0 Å². The maximum absolute atomic E-state index is 5.55. The van der Waals surface area contributed by atoms with E-state index in [9.17, 15) is 0 Å². The molecule has 1 aliphatic heterocycles. The van der Waals surface area contributed by atoms with Crippen molar-refractivity contribution >= 4 is 15.9 Å².